The first-order valence-electron chi connectivity index (χ1n) is 3.47. The van der Waals surface area contributed by atoms with Gasteiger partial charge in [0.2, 0.25) is 5.82 Å². The molecule has 0 unspecified atom stereocenters. The van der Waals surface area contributed by atoms with Crippen molar-refractivity contribution in [2.75, 3.05) is 18.1 Å². The second kappa shape index (κ2) is 3.26. The summed E-state index contributed by atoms with van der Waals surface area (Å²) in [5.41, 5.74) is 5.28. The lowest BCUT2D eigenvalue weighted by atomic mass is 10.2. The number of nitro benzene ring substituents is 1. The van der Waals surface area contributed by atoms with Gasteiger partial charge in [0.25, 0.3) is 0 Å². The lowest BCUT2D eigenvalue weighted by molar-refractivity contribution is -0.387. The van der Waals surface area contributed by atoms with Gasteiger partial charge in [0.05, 0.1) is 16.3 Å². The topological polar surface area (TPSA) is 81.2 Å². The molecule has 1 aromatic rings. The molecule has 0 aliphatic carbocycles. The van der Waals surface area contributed by atoms with Gasteiger partial charge in [0.15, 0.2) is 0 Å². The number of hydrogen-bond donors (Lipinski definition) is 2. The van der Waals surface area contributed by atoms with Crippen molar-refractivity contribution in [3.63, 3.8) is 0 Å². The summed E-state index contributed by atoms with van der Waals surface area (Å²) in [6.07, 6.45) is 0. The molecule has 5 nitrogen and oxygen atoms in total. The molecular weight excluding hydrogens is 177 g/mol. The van der Waals surface area contributed by atoms with E-state index >= 15 is 0 Å². The Kier molecular flexibility index (Phi) is 2.32. The first-order chi connectivity index (χ1) is 6.06. The van der Waals surface area contributed by atoms with E-state index in [2.05, 4.69) is 5.32 Å². The van der Waals surface area contributed by atoms with Crippen molar-refractivity contribution in [1.82, 2.24) is 0 Å². The Morgan fingerprint density at radius 2 is 2.23 bits per heavy atom. The van der Waals surface area contributed by atoms with E-state index in [4.69, 9.17) is 5.73 Å². The molecule has 0 saturated heterocycles. The predicted molar refractivity (Wildman–Crippen MR) is 47.0 cm³/mol. The number of benzene rings is 1. The fourth-order valence-electron chi connectivity index (χ4n) is 0.934. The SMILES string of the molecule is CNc1cc(F)c([N+](=O)[O-])cc1N. The summed E-state index contributed by atoms with van der Waals surface area (Å²) in [6, 6.07) is 1.98. The fourth-order valence-corrected chi connectivity index (χ4v) is 0.934. The lowest BCUT2D eigenvalue weighted by Crippen LogP contribution is -2.00. The summed E-state index contributed by atoms with van der Waals surface area (Å²) in [6.45, 7) is 0. The quantitative estimate of drug-likeness (QED) is 0.414. The minimum Gasteiger partial charge on any atom is -0.397 e. The maximum absolute atomic E-state index is 12.9. The summed E-state index contributed by atoms with van der Waals surface area (Å²) < 4.78 is 12.9. The molecule has 0 saturated carbocycles. The van der Waals surface area contributed by atoms with Crippen molar-refractivity contribution < 1.29 is 9.31 Å². The average Bonchev–Trinajstić information content (AvgIpc) is 2.07. The zero-order valence-corrected chi connectivity index (χ0v) is 6.87. The molecule has 0 atom stereocenters. The largest absolute Gasteiger partial charge is 0.397 e. The van der Waals surface area contributed by atoms with Crippen molar-refractivity contribution in [3.8, 4) is 0 Å². The van der Waals surface area contributed by atoms with E-state index < -0.39 is 16.4 Å². The minimum atomic E-state index is -0.899. The van der Waals surface area contributed by atoms with Gasteiger partial charge in [-0.3, -0.25) is 10.1 Å². The van der Waals surface area contributed by atoms with E-state index in [1.54, 1.807) is 7.05 Å². The van der Waals surface area contributed by atoms with E-state index in [0.29, 0.717) is 5.69 Å². The standard InChI is InChI=1S/C7H8FN3O2/c1-10-6-2-4(8)7(11(12)13)3-5(6)9/h2-3,10H,9H2,1H3. The van der Waals surface area contributed by atoms with Gasteiger partial charge in [-0.1, -0.05) is 0 Å². The first kappa shape index (κ1) is 9.24. The molecule has 0 heterocycles. The Hall–Kier alpha value is -1.85. The van der Waals surface area contributed by atoms with Crippen LogP contribution in [0.15, 0.2) is 12.1 Å². The highest BCUT2D eigenvalue weighted by Gasteiger charge is 2.16. The average molecular weight is 185 g/mol. The van der Waals surface area contributed by atoms with Crippen LogP contribution in [0, 0.1) is 15.9 Å². The smallest absolute Gasteiger partial charge is 0.306 e. The van der Waals surface area contributed by atoms with Crippen LogP contribution in [0.5, 0.6) is 0 Å². The highest BCUT2D eigenvalue weighted by atomic mass is 19.1. The van der Waals surface area contributed by atoms with Crippen LogP contribution in [0.2, 0.25) is 0 Å². The maximum atomic E-state index is 12.9. The number of nitrogens with two attached hydrogens (primary N) is 1. The summed E-state index contributed by atoms with van der Waals surface area (Å²) in [4.78, 5) is 9.45. The molecule has 0 bridgehead atoms. The van der Waals surface area contributed by atoms with Crippen molar-refractivity contribution in [2.24, 2.45) is 0 Å². The van der Waals surface area contributed by atoms with Gasteiger partial charge in [-0.2, -0.15) is 4.39 Å². The molecule has 0 amide bonds. The Morgan fingerprint density at radius 1 is 1.62 bits per heavy atom. The van der Waals surface area contributed by atoms with Crippen molar-refractivity contribution in [2.45, 2.75) is 0 Å². The van der Waals surface area contributed by atoms with Crippen LogP contribution in [-0.4, -0.2) is 12.0 Å². The molecule has 70 valence electrons. The predicted octanol–water partition coefficient (Wildman–Crippen LogP) is 1.36. The van der Waals surface area contributed by atoms with Crippen LogP contribution < -0.4 is 11.1 Å². The highest BCUT2D eigenvalue weighted by molar-refractivity contribution is 5.69. The second-order valence-corrected chi connectivity index (χ2v) is 2.40. The van der Waals surface area contributed by atoms with Gasteiger partial charge in [-0.05, 0) is 0 Å². The lowest BCUT2D eigenvalue weighted by Gasteiger charge is -2.04. The van der Waals surface area contributed by atoms with Crippen LogP contribution in [0.25, 0.3) is 0 Å². The van der Waals surface area contributed by atoms with Gasteiger partial charge < -0.3 is 11.1 Å². The van der Waals surface area contributed by atoms with E-state index in [9.17, 15) is 14.5 Å². The van der Waals surface area contributed by atoms with Gasteiger partial charge in [-0.15, -0.1) is 0 Å². The number of halogens is 1. The van der Waals surface area contributed by atoms with Crippen LogP contribution in [0.3, 0.4) is 0 Å². The van der Waals surface area contributed by atoms with Crippen LogP contribution in [-0.2, 0) is 0 Å². The first-order valence-corrected chi connectivity index (χ1v) is 3.47. The van der Waals surface area contributed by atoms with Crippen molar-refractivity contribution in [3.05, 3.63) is 28.1 Å². The fraction of sp³-hybridized carbons (Fsp3) is 0.143. The molecule has 13 heavy (non-hydrogen) atoms. The molecule has 0 aliphatic rings. The van der Waals surface area contributed by atoms with E-state index in [1.807, 2.05) is 0 Å². The van der Waals surface area contributed by atoms with Crippen LogP contribution in [0.4, 0.5) is 21.5 Å². The Morgan fingerprint density at radius 3 is 2.69 bits per heavy atom. The molecule has 6 heteroatoms. The van der Waals surface area contributed by atoms with Gasteiger partial charge in [0.1, 0.15) is 0 Å². The number of hydrogen-bond acceptors (Lipinski definition) is 4. The molecule has 3 N–H and O–H groups in total. The Balaban J connectivity index is 3.28. The summed E-state index contributed by atoms with van der Waals surface area (Å²) in [5.74, 6) is -0.899. The van der Waals surface area contributed by atoms with Crippen LogP contribution in [0.1, 0.15) is 0 Å². The van der Waals surface area contributed by atoms with Gasteiger partial charge >= 0.3 is 5.69 Å². The number of anilines is 2. The zero-order valence-electron chi connectivity index (χ0n) is 6.87. The monoisotopic (exact) mass is 185 g/mol. The molecule has 0 aliphatic heterocycles. The minimum absolute atomic E-state index is 0.149. The van der Waals surface area contributed by atoms with E-state index in [-0.39, 0.29) is 5.69 Å². The third kappa shape index (κ3) is 1.66. The zero-order chi connectivity index (χ0) is 10.0. The molecule has 0 radical (unpaired) electrons. The third-order valence-electron chi connectivity index (χ3n) is 1.59. The summed E-state index contributed by atoms with van der Waals surface area (Å²) in [5, 5.41) is 12.9. The van der Waals surface area contributed by atoms with E-state index in [1.165, 1.54) is 0 Å². The molecule has 1 aromatic carbocycles. The Labute approximate surface area is 73.5 Å². The summed E-state index contributed by atoms with van der Waals surface area (Å²) >= 11 is 0. The van der Waals surface area contributed by atoms with Gasteiger partial charge in [0, 0.05) is 19.2 Å². The summed E-state index contributed by atoms with van der Waals surface area (Å²) in [7, 11) is 1.55. The third-order valence-corrected chi connectivity index (χ3v) is 1.59. The highest BCUT2D eigenvalue weighted by Crippen LogP contribution is 2.27. The second-order valence-electron chi connectivity index (χ2n) is 2.40. The van der Waals surface area contributed by atoms with Crippen LogP contribution >= 0.6 is 0 Å². The number of nitrogens with zero attached hydrogens (tertiary/aromatic N) is 1. The maximum Gasteiger partial charge on any atom is 0.306 e. The molecule has 0 aromatic heterocycles. The molecule has 0 fully saturated rings. The van der Waals surface area contributed by atoms with Crippen molar-refractivity contribution >= 4 is 17.1 Å². The molecular formula is C7H8FN3O2. The number of rotatable bonds is 2. The van der Waals surface area contributed by atoms with Crippen molar-refractivity contribution in [1.29, 1.82) is 0 Å². The Bertz CT molecular complexity index is 354. The molecule has 1 rings (SSSR count). The number of nitrogen functional groups attached to an aromatic ring is 1. The molecule has 0 spiro atoms. The van der Waals surface area contributed by atoms with E-state index in [0.717, 1.165) is 12.1 Å². The van der Waals surface area contributed by atoms with Gasteiger partial charge in [-0.25, -0.2) is 0 Å². The normalized spacial score (nSPS) is 9.69. The number of nitrogens with one attached hydrogen (secondary N) is 1. The number of nitro groups is 1.